The van der Waals surface area contributed by atoms with Crippen molar-refractivity contribution in [1.82, 2.24) is 0 Å². The largest absolute Gasteiger partial charge is 0.668 e. The predicted molar refractivity (Wildman–Crippen MR) is 14.6 cm³/mol. The maximum absolute atomic E-state index is 7.33. The van der Waals surface area contributed by atoms with E-state index in [1.807, 2.05) is 0 Å². The minimum Gasteiger partial charge on any atom is -0.368 e. The van der Waals surface area contributed by atoms with Gasteiger partial charge in [-0.2, -0.15) is 0 Å². The Labute approximate surface area is 103 Å². The van der Waals surface area contributed by atoms with E-state index < -0.39 is 9.05 Å². The molecular formula is H4CeLaO4Si. The van der Waals surface area contributed by atoms with Crippen LogP contribution in [0, 0.1) is 77.3 Å². The third kappa shape index (κ3) is 54.9. The minimum absolute atomic E-state index is 0. The first-order valence-electron chi connectivity index (χ1n) is 0.894. The Kier molecular flexibility index (Phi) is 15.7. The SMILES string of the molecule is O[Si](O)(O)O.[Ce].[La]. The Morgan fingerprint density at radius 2 is 0.857 bits per heavy atom. The molecule has 0 rings (SSSR count). The van der Waals surface area contributed by atoms with Gasteiger partial charge in [-0.3, -0.25) is 0 Å². The molecule has 0 amide bonds. The van der Waals surface area contributed by atoms with E-state index >= 15 is 0 Å². The summed E-state index contributed by atoms with van der Waals surface area (Å²) in [5.41, 5.74) is 0. The number of hydrogen-bond donors (Lipinski definition) is 4. The number of hydrogen-bond acceptors (Lipinski definition) is 4. The van der Waals surface area contributed by atoms with Gasteiger partial charge in [-0.25, -0.2) is 0 Å². The summed E-state index contributed by atoms with van der Waals surface area (Å²) in [5, 5.41) is 0. The van der Waals surface area contributed by atoms with E-state index in [4.69, 9.17) is 19.2 Å². The van der Waals surface area contributed by atoms with Crippen LogP contribution in [0.1, 0.15) is 0 Å². The second kappa shape index (κ2) is 6.74. The molecule has 0 aliphatic rings. The normalized spacial score (nSPS) is 8.57. The van der Waals surface area contributed by atoms with Crippen molar-refractivity contribution in [3.05, 3.63) is 0 Å². The quantitative estimate of drug-likeness (QED) is 0.350. The Balaban J connectivity index is -0.0000000800. The first kappa shape index (κ1) is 16.3. The fourth-order valence-electron chi connectivity index (χ4n) is 0. The van der Waals surface area contributed by atoms with Crippen LogP contribution in [-0.4, -0.2) is 28.2 Å². The topological polar surface area (TPSA) is 80.9 Å². The number of rotatable bonds is 0. The Morgan fingerprint density at radius 3 is 0.857 bits per heavy atom. The summed E-state index contributed by atoms with van der Waals surface area (Å²) < 4.78 is 0. The fourth-order valence-corrected chi connectivity index (χ4v) is 0. The van der Waals surface area contributed by atoms with Crippen LogP contribution in [0.2, 0.25) is 0 Å². The summed E-state index contributed by atoms with van der Waals surface area (Å²) in [6.45, 7) is 0. The van der Waals surface area contributed by atoms with E-state index in [0.717, 1.165) is 0 Å². The summed E-state index contributed by atoms with van der Waals surface area (Å²) in [6, 6.07) is 0. The van der Waals surface area contributed by atoms with Crippen LogP contribution in [-0.2, 0) is 0 Å². The molecule has 0 saturated heterocycles. The van der Waals surface area contributed by atoms with Crippen molar-refractivity contribution in [2.24, 2.45) is 0 Å². The van der Waals surface area contributed by atoms with Crippen molar-refractivity contribution in [1.29, 1.82) is 0 Å². The van der Waals surface area contributed by atoms with Gasteiger partial charge in [0.25, 0.3) is 0 Å². The third-order valence-corrected chi connectivity index (χ3v) is 0. The summed E-state index contributed by atoms with van der Waals surface area (Å²) in [6.07, 6.45) is 0. The fraction of sp³-hybridized carbons (Fsp3) is 0. The molecule has 0 saturated carbocycles. The van der Waals surface area contributed by atoms with Gasteiger partial charge in [-0.05, 0) is 0 Å². The Morgan fingerprint density at radius 1 is 0.857 bits per heavy atom. The molecule has 0 atom stereocenters. The molecular weight excluding hydrogens is 371 g/mol. The zero-order chi connectivity index (χ0) is 4.50. The van der Waals surface area contributed by atoms with Crippen molar-refractivity contribution >= 4 is 9.05 Å². The molecule has 0 aromatic heterocycles. The van der Waals surface area contributed by atoms with Gasteiger partial charge in [0.15, 0.2) is 0 Å². The Bertz CT molecular complexity index is 27.2. The minimum atomic E-state index is -4.61. The zero-order valence-corrected chi connectivity index (χ0v) is 11.1. The molecule has 0 aromatic rings. The van der Waals surface area contributed by atoms with Crippen LogP contribution in [0.4, 0.5) is 0 Å². The summed E-state index contributed by atoms with van der Waals surface area (Å²) in [5.74, 6) is 0. The second-order valence-electron chi connectivity index (χ2n) is 0.600. The zero-order valence-electron chi connectivity index (χ0n) is 3.37. The molecule has 39 valence electrons. The third-order valence-electron chi connectivity index (χ3n) is 0. The molecule has 0 bridgehead atoms. The monoisotopic (exact) mass is 375 g/mol. The van der Waals surface area contributed by atoms with Crippen LogP contribution in [0.15, 0.2) is 0 Å². The molecule has 0 aromatic carbocycles. The average molecular weight is 375 g/mol. The van der Waals surface area contributed by atoms with Crippen molar-refractivity contribution < 1.29 is 96.5 Å². The molecule has 7 heteroatoms. The summed E-state index contributed by atoms with van der Waals surface area (Å²) >= 11 is 0. The Hall–Kier alpha value is 2.63. The van der Waals surface area contributed by atoms with Gasteiger partial charge in [-0.15, -0.1) is 0 Å². The predicted octanol–water partition coefficient (Wildman–Crippen LogP) is -2.61. The van der Waals surface area contributed by atoms with E-state index in [-0.39, 0.29) is 77.3 Å². The van der Waals surface area contributed by atoms with Gasteiger partial charge < -0.3 is 19.2 Å². The first-order valence-corrected chi connectivity index (χ1v) is 2.68. The molecule has 1 radical (unpaired) electrons. The molecule has 0 spiro atoms. The molecule has 0 unspecified atom stereocenters. The van der Waals surface area contributed by atoms with Gasteiger partial charge in [0, 0.05) is 77.3 Å². The van der Waals surface area contributed by atoms with E-state index in [9.17, 15) is 0 Å². The standard InChI is InChI=1S/Ce.La.H4O4Si/c;;1-5(2,3)4/h;;1-4H. The maximum atomic E-state index is 7.33. The van der Waals surface area contributed by atoms with Gasteiger partial charge in [0.1, 0.15) is 0 Å². The van der Waals surface area contributed by atoms with Crippen LogP contribution < -0.4 is 0 Å². The van der Waals surface area contributed by atoms with Crippen molar-refractivity contribution in [2.75, 3.05) is 0 Å². The van der Waals surface area contributed by atoms with E-state index in [2.05, 4.69) is 0 Å². The van der Waals surface area contributed by atoms with Crippen LogP contribution in [0.3, 0.4) is 0 Å². The van der Waals surface area contributed by atoms with Crippen LogP contribution in [0.25, 0.3) is 0 Å². The van der Waals surface area contributed by atoms with Crippen LogP contribution in [0.5, 0.6) is 0 Å². The van der Waals surface area contributed by atoms with Gasteiger partial charge in [0.2, 0.25) is 0 Å². The van der Waals surface area contributed by atoms with Crippen molar-refractivity contribution in [2.45, 2.75) is 0 Å². The molecule has 0 heterocycles. The van der Waals surface area contributed by atoms with Gasteiger partial charge in [0.05, 0.1) is 0 Å². The summed E-state index contributed by atoms with van der Waals surface area (Å²) in [4.78, 5) is 29.3. The average Bonchev–Trinajstić information content (AvgIpc) is 0.722. The van der Waals surface area contributed by atoms with Gasteiger partial charge in [-0.1, -0.05) is 0 Å². The van der Waals surface area contributed by atoms with Crippen molar-refractivity contribution in [3.63, 3.8) is 0 Å². The van der Waals surface area contributed by atoms with E-state index in [0.29, 0.717) is 0 Å². The van der Waals surface area contributed by atoms with E-state index in [1.54, 1.807) is 0 Å². The maximum Gasteiger partial charge on any atom is 0.668 e. The molecule has 0 aliphatic heterocycles. The van der Waals surface area contributed by atoms with E-state index in [1.165, 1.54) is 0 Å². The molecule has 7 heavy (non-hydrogen) atoms. The molecule has 0 fully saturated rings. The molecule has 4 N–H and O–H groups in total. The van der Waals surface area contributed by atoms with Gasteiger partial charge >= 0.3 is 9.05 Å². The summed E-state index contributed by atoms with van der Waals surface area (Å²) in [7, 11) is -4.61. The first-order chi connectivity index (χ1) is 2.00. The van der Waals surface area contributed by atoms with Crippen LogP contribution >= 0.6 is 0 Å². The molecule has 0 aliphatic carbocycles. The van der Waals surface area contributed by atoms with Crippen molar-refractivity contribution in [3.8, 4) is 0 Å². The smallest absolute Gasteiger partial charge is 0.368 e. The second-order valence-corrected chi connectivity index (χ2v) is 1.80. The molecule has 4 nitrogen and oxygen atoms in total.